The summed E-state index contributed by atoms with van der Waals surface area (Å²) in [6.07, 6.45) is 4.25. The topological polar surface area (TPSA) is 176 Å². The van der Waals surface area contributed by atoms with Crippen molar-refractivity contribution in [2.45, 2.75) is 38.8 Å². The number of phosphoric acid groups is 1. The number of hydrogen-bond acceptors (Lipinski definition) is 7. The van der Waals surface area contributed by atoms with Crippen molar-refractivity contribution in [1.29, 1.82) is 0 Å². The minimum absolute atomic E-state index is 0.150. The van der Waals surface area contributed by atoms with Gasteiger partial charge in [-0.15, -0.1) is 0 Å². The number of aromatic nitrogens is 1. The van der Waals surface area contributed by atoms with Crippen LogP contribution in [0.3, 0.4) is 0 Å². The molecule has 0 aliphatic heterocycles. The number of aryl methyl sites for hydroxylation is 1. The maximum Gasteiger partial charge on any atom is 0.469 e. The van der Waals surface area contributed by atoms with E-state index < -0.39 is 26.4 Å². The summed E-state index contributed by atoms with van der Waals surface area (Å²) >= 11 is 0. The van der Waals surface area contributed by atoms with Crippen LogP contribution < -0.4 is 5.73 Å². The van der Waals surface area contributed by atoms with E-state index in [2.05, 4.69) is 14.5 Å². The maximum absolute atomic E-state index is 10.8. The minimum atomic E-state index is -4.65. The Bertz CT molecular complexity index is 675. The minimum Gasteiger partial charge on any atom is -0.505 e. The number of aliphatic carboxylic acids is 1. The third-order valence-electron chi connectivity index (χ3n) is 3.34. The third-order valence-corrected chi connectivity index (χ3v) is 3.80. The summed E-state index contributed by atoms with van der Waals surface area (Å²) in [7, 11) is -4.65. The van der Waals surface area contributed by atoms with Gasteiger partial charge in [0.2, 0.25) is 0 Å². The highest BCUT2D eigenvalue weighted by Gasteiger charge is 2.17. The molecule has 25 heavy (non-hydrogen) atoms. The standard InChI is InChI=1S/C14H22N3O7P/c1-9-13(18)11(10(6-17-9)8-24-25(21,22)23)7-16-5-3-2-4-12(15)14(19)20/h6-7,12,18H,2-5,8,15H2,1H3,(H,19,20)(H2,21,22,23). The van der Waals surface area contributed by atoms with Crippen molar-refractivity contribution in [2.75, 3.05) is 6.54 Å². The highest BCUT2D eigenvalue weighted by atomic mass is 31.2. The van der Waals surface area contributed by atoms with Crippen molar-refractivity contribution < 1.29 is 33.9 Å². The molecule has 0 aliphatic carbocycles. The summed E-state index contributed by atoms with van der Waals surface area (Å²) < 4.78 is 15.2. The number of phosphoric ester groups is 1. The van der Waals surface area contributed by atoms with Crippen molar-refractivity contribution in [1.82, 2.24) is 4.98 Å². The van der Waals surface area contributed by atoms with Gasteiger partial charge in [0, 0.05) is 30.1 Å². The third kappa shape index (κ3) is 7.72. The van der Waals surface area contributed by atoms with Crippen LogP contribution in [0.1, 0.15) is 36.1 Å². The van der Waals surface area contributed by atoms with Crippen molar-refractivity contribution in [3.05, 3.63) is 23.0 Å². The van der Waals surface area contributed by atoms with Crippen LogP contribution in [0.25, 0.3) is 0 Å². The molecule has 11 heteroatoms. The van der Waals surface area contributed by atoms with Crippen molar-refractivity contribution in [3.8, 4) is 5.75 Å². The summed E-state index contributed by atoms with van der Waals surface area (Å²) in [5.74, 6) is -1.20. The van der Waals surface area contributed by atoms with Crippen LogP contribution in [-0.2, 0) is 20.5 Å². The highest BCUT2D eigenvalue weighted by molar-refractivity contribution is 7.46. The van der Waals surface area contributed by atoms with Crippen LogP contribution in [0.15, 0.2) is 11.2 Å². The molecule has 1 aromatic heterocycles. The highest BCUT2D eigenvalue weighted by Crippen LogP contribution is 2.37. The van der Waals surface area contributed by atoms with Gasteiger partial charge in [0.1, 0.15) is 11.8 Å². The zero-order valence-electron chi connectivity index (χ0n) is 13.7. The molecule has 0 radical (unpaired) electrons. The van der Waals surface area contributed by atoms with E-state index in [1.54, 1.807) is 6.92 Å². The first-order chi connectivity index (χ1) is 11.6. The molecule has 0 aliphatic rings. The van der Waals surface area contributed by atoms with Gasteiger partial charge in [0.05, 0.1) is 12.3 Å². The number of aromatic hydroxyl groups is 1. The molecule has 0 aromatic carbocycles. The molecule has 1 aromatic rings. The molecule has 140 valence electrons. The lowest BCUT2D eigenvalue weighted by Crippen LogP contribution is -2.29. The van der Waals surface area contributed by atoms with Gasteiger partial charge in [-0.3, -0.25) is 19.3 Å². The normalized spacial score (nSPS) is 13.3. The lowest BCUT2D eigenvalue weighted by atomic mass is 10.1. The Labute approximate surface area is 144 Å². The maximum atomic E-state index is 10.8. The molecular weight excluding hydrogens is 353 g/mol. The van der Waals surface area contributed by atoms with Gasteiger partial charge < -0.3 is 25.7 Å². The summed E-state index contributed by atoms with van der Waals surface area (Å²) in [4.78, 5) is 36.2. The zero-order chi connectivity index (χ0) is 19.0. The predicted octanol–water partition coefficient (Wildman–Crippen LogP) is 0.706. The number of hydrogen-bond donors (Lipinski definition) is 5. The molecule has 6 N–H and O–H groups in total. The first-order valence-electron chi connectivity index (χ1n) is 7.47. The van der Waals surface area contributed by atoms with E-state index >= 15 is 0 Å². The molecule has 0 saturated heterocycles. The Morgan fingerprint density at radius 1 is 1.48 bits per heavy atom. The van der Waals surface area contributed by atoms with Crippen LogP contribution in [-0.4, -0.2) is 49.8 Å². The number of carboxylic acids is 1. The van der Waals surface area contributed by atoms with E-state index in [1.165, 1.54) is 12.4 Å². The summed E-state index contributed by atoms with van der Waals surface area (Å²) in [5, 5.41) is 18.7. The number of unbranched alkanes of at least 4 members (excludes halogenated alkanes) is 1. The lowest BCUT2D eigenvalue weighted by molar-refractivity contribution is -0.138. The molecule has 1 heterocycles. The summed E-state index contributed by atoms with van der Waals surface area (Å²) in [5.41, 5.74) is 6.28. The van der Waals surface area contributed by atoms with E-state index in [1.807, 2.05) is 0 Å². The Balaban J connectivity index is 2.68. The lowest BCUT2D eigenvalue weighted by Gasteiger charge is -2.10. The van der Waals surface area contributed by atoms with Crippen LogP contribution in [0.2, 0.25) is 0 Å². The zero-order valence-corrected chi connectivity index (χ0v) is 14.6. The van der Waals surface area contributed by atoms with Crippen LogP contribution >= 0.6 is 7.82 Å². The van der Waals surface area contributed by atoms with Gasteiger partial charge in [-0.25, -0.2) is 4.57 Å². The molecule has 1 atom stereocenters. The van der Waals surface area contributed by atoms with E-state index in [0.29, 0.717) is 31.5 Å². The monoisotopic (exact) mass is 375 g/mol. The molecule has 1 rings (SSSR count). The Morgan fingerprint density at radius 2 is 2.16 bits per heavy atom. The Morgan fingerprint density at radius 3 is 2.76 bits per heavy atom. The molecule has 10 nitrogen and oxygen atoms in total. The number of carbonyl (C=O) groups is 1. The number of pyridine rings is 1. The number of nitrogens with zero attached hydrogens (tertiary/aromatic N) is 2. The van der Waals surface area contributed by atoms with Crippen LogP contribution in [0.5, 0.6) is 5.75 Å². The molecule has 1 unspecified atom stereocenters. The van der Waals surface area contributed by atoms with Gasteiger partial charge in [0.25, 0.3) is 0 Å². The Kier molecular flexibility index (Phi) is 8.14. The molecular formula is C14H22N3O7P. The van der Waals surface area contributed by atoms with Crippen LogP contribution in [0, 0.1) is 6.92 Å². The molecule has 0 fully saturated rings. The predicted molar refractivity (Wildman–Crippen MR) is 89.4 cm³/mol. The fraction of sp³-hybridized carbons (Fsp3) is 0.500. The number of nitrogens with two attached hydrogens (primary N) is 1. The van der Waals surface area contributed by atoms with Gasteiger partial charge in [-0.1, -0.05) is 0 Å². The quantitative estimate of drug-likeness (QED) is 0.224. The Hall–Kier alpha value is -1.84. The van der Waals surface area contributed by atoms with Crippen molar-refractivity contribution >= 4 is 20.0 Å². The average molecular weight is 375 g/mol. The smallest absolute Gasteiger partial charge is 0.469 e. The van der Waals surface area contributed by atoms with Gasteiger partial charge in [0.15, 0.2) is 0 Å². The van der Waals surface area contributed by atoms with E-state index in [4.69, 9.17) is 20.6 Å². The van der Waals surface area contributed by atoms with Gasteiger partial charge in [-0.05, 0) is 26.2 Å². The average Bonchev–Trinajstić information content (AvgIpc) is 2.52. The van der Waals surface area contributed by atoms with E-state index in [0.717, 1.165) is 0 Å². The van der Waals surface area contributed by atoms with Crippen molar-refractivity contribution in [3.63, 3.8) is 0 Å². The first-order valence-corrected chi connectivity index (χ1v) is 9.00. The van der Waals surface area contributed by atoms with Crippen molar-refractivity contribution in [2.24, 2.45) is 10.7 Å². The van der Waals surface area contributed by atoms with E-state index in [-0.39, 0.29) is 16.9 Å². The van der Waals surface area contributed by atoms with E-state index in [9.17, 15) is 14.5 Å². The number of rotatable bonds is 10. The van der Waals surface area contributed by atoms with Gasteiger partial charge in [-0.2, -0.15) is 0 Å². The van der Waals surface area contributed by atoms with Crippen LogP contribution in [0.4, 0.5) is 0 Å². The number of carboxylic acid groups (broad SMARTS) is 1. The summed E-state index contributed by atoms with van der Waals surface area (Å²) in [6.45, 7) is 1.53. The molecule has 0 spiro atoms. The second-order valence-corrected chi connectivity index (χ2v) is 6.61. The number of aliphatic imine (C=N–C) groups is 1. The second-order valence-electron chi connectivity index (χ2n) is 5.37. The second kappa shape index (κ2) is 9.59. The van der Waals surface area contributed by atoms with Gasteiger partial charge >= 0.3 is 13.8 Å². The largest absolute Gasteiger partial charge is 0.505 e. The fourth-order valence-electron chi connectivity index (χ4n) is 1.91. The first kappa shape index (κ1) is 21.2. The fourth-order valence-corrected chi connectivity index (χ4v) is 2.22. The summed E-state index contributed by atoms with van der Waals surface area (Å²) in [6, 6.07) is -0.896. The molecule has 0 amide bonds. The SMILES string of the molecule is Cc1ncc(COP(=O)(O)O)c(C=NCCCCC(N)C(=O)O)c1O. The molecule has 0 saturated carbocycles. The molecule has 0 bridgehead atoms.